The lowest BCUT2D eigenvalue weighted by atomic mass is 10.1. The number of anilines is 1. The molecule has 10 heteroatoms. The highest BCUT2D eigenvalue weighted by atomic mass is 32.2. The van der Waals surface area contributed by atoms with E-state index < -0.39 is 33.7 Å². The van der Waals surface area contributed by atoms with E-state index in [2.05, 4.69) is 5.32 Å². The van der Waals surface area contributed by atoms with Gasteiger partial charge in [0.2, 0.25) is 15.9 Å². The first-order chi connectivity index (χ1) is 13.8. The second kappa shape index (κ2) is 8.95. The molecule has 2 aromatic carbocycles. The maximum Gasteiger partial charge on any atom is 0.416 e. The Labute approximate surface area is 173 Å². The van der Waals surface area contributed by atoms with Crippen LogP contribution in [-0.2, 0) is 27.5 Å². The number of benzene rings is 2. The molecule has 6 nitrogen and oxygen atoms in total. The molecular weight excluding hydrogens is 421 g/mol. The fraction of sp³-hybridized carbons (Fsp3) is 0.350. The van der Waals surface area contributed by atoms with Gasteiger partial charge in [-0.25, -0.2) is 8.42 Å². The fourth-order valence-electron chi connectivity index (χ4n) is 2.95. The molecule has 0 radical (unpaired) electrons. The van der Waals surface area contributed by atoms with Gasteiger partial charge in [0, 0.05) is 6.54 Å². The zero-order chi connectivity index (χ0) is 22.7. The molecule has 30 heavy (non-hydrogen) atoms. The van der Waals surface area contributed by atoms with Gasteiger partial charge < -0.3 is 10.1 Å². The van der Waals surface area contributed by atoms with Crippen molar-refractivity contribution in [2.75, 3.05) is 17.7 Å². The van der Waals surface area contributed by atoms with Crippen LogP contribution in [0.25, 0.3) is 0 Å². The van der Waals surface area contributed by atoms with E-state index in [0.717, 1.165) is 28.3 Å². The van der Waals surface area contributed by atoms with Gasteiger partial charge in [0.1, 0.15) is 11.8 Å². The van der Waals surface area contributed by atoms with Crippen LogP contribution in [0.15, 0.2) is 42.5 Å². The number of ether oxygens (including phenoxy) is 1. The van der Waals surface area contributed by atoms with Crippen LogP contribution in [0, 0.1) is 6.92 Å². The molecule has 0 aromatic heterocycles. The molecule has 0 aliphatic rings. The van der Waals surface area contributed by atoms with Gasteiger partial charge in [-0.15, -0.1) is 0 Å². The van der Waals surface area contributed by atoms with E-state index in [0.29, 0.717) is 0 Å². The molecule has 1 atom stereocenters. The molecule has 0 unspecified atom stereocenters. The van der Waals surface area contributed by atoms with Crippen LogP contribution in [-0.4, -0.2) is 33.7 Å². The number of carbonyl (C=O) groups is 1. The lowest BCUT2D eigenvalue weighted by Gasteiger charge is -2.29. The SMILES string of the molecule is COc1ccc(C)cc1N([C@@H](C)C(=O)NCc1cccc(C(F)(F)F)c1)S(C)(=O)=O. The summed E-state index contributed by atoms with van der Waals surface area (Å²) < 4.78 is 69.6. The van der Waals surface area contributed by atoms with Gasteiger partial charge >= 0.3 is 6.18 Å². The quantitative estimate of drug-likeness (QED) is 0.709. The van der Waals surface area contributed by atoms with E-state index in [4.69, 9.17) is 4.74 Å². The second-order valence-electron chi connectivity index (χ2n) is 6.83. The summed E-state index contributed by atoms with van der Waals surface area (Å²) >= 11 is 0. The number of rotatable bonds is 7. The molecule has 0 heterocycles. The van der Waals surface area contributed by atoms with Gasteiger partial charge in [-0.3, -0.25) is 9.10 Å². The first-order valence-corrected chi connectivity index (χ1v) is 10.8. The Morgan fingerprint density at radius 1 is 1.20 bits per heavy atom. The Hall–Kier alpha value is -2.75. The van der Waals surface area contributed by atoms with Crippen LogP contribution >= 0.6 is 0 Å². The Balaban J connectivity index is 2.27. The van der Waals surface area contributed by atoms with E-state index in [1.807, 2.05) is 0 Å². The fourth-order valence-corrected chi connectivity index (χ4v) is 4.12. The normalized spacial score (nSPS) is 12.9. The van der Waals surface area contributed by atoms with Gasteiger partial charge in [-0.05, 0) is 49.2 Å². The van der Waals surface area contributed by atoms with E-state index in [-0.39, 0.29) is 23.5 Å². The summed E-state index contributed by atoms with van der Waals surface area (Å²) in [6, 6.07) is 8.30. The van der Waals surface area contributed by atoms with Gasteiger partial charge in [0.05, 0.1) is 24.6 Å². The molecule has 164 valence electrons. The summed E-state index contributed by atoms with van der Waals surface area (Å²) in [6.07, 6.45) is -3.53. The summed E-state index contributed by atoms with van der Waals surface area (Å²) in [6.45, 7) is 2.97. The highest BCUT2D eigenvalue weighted by Gasteiger charge is 2.32. The molecule has 0 aliphatic carbocycles. The van der Waals surface area contributed by atoms with E-state index in [1.165, 1.54) is 26.2 Å². The van der Waals surface area contributed by atoms with E-state index >= 15 is 0 Å². The summed E-state index contributed by atoms with van der Waals surface area (Å²) in [4.78, 5) is 12.7. The van der Waals surface area contributed by atoms with Crippen molar-refractivity contribution in [1.82, 2.24) is 5.32 Å². The van der Waals surface area contributed by atoms with Crippen molar-refractivity contribution < 1.29 is 31.1 Å². The molecule has 0 saturated carbocycles. The number of carbonyl (C=O) groups excluding carboxylic acids is 1. The molecule has 0 aliphatic heterocycles. The number of hydrogen-bond acceptors (Lipinski definition) is 4. The number of aryl methyl sites for hydroxylation is 1. The van der Waals surface area contributed by atoms with Crippen LogP contribution in [0.2, 0.25) is 0 Å². The number of methoxy groups -OCH3 is 1. The minimum atomic E-state index is -4.50. The number of amides is 1. The third-order valence-electron chi connectivity index (χ3n) is 4.38. The minimum Gasteiger partial charge on any atom is -0.495 e. The average Bonchev–Trinajstić information content (AvgIpc) is 2.65. The highest BCUT2D eigenvalue weighted by molar-refractivity contribution is 7.92. The van der Waals surface area contributed by atoms with Crippen molar-refractivity contribution in [2.45, 2.75) is 32.6 Å². The van der Waals surface area contributed by atoms with Crippen LogP contribution < -0.4 is 14.4 Å². The van der Waals surface area contributed by atoms with Crippen molar-refractivity contribution in [3.8, 4) is 5.75 Å². The minimum absolute atomic E-state index is 0.185. The topological polar surface area (TPSA) is 75.7 Å². The number of alkyl halides is 3. The number of sulfonamides is 1. The zero-order valence-electron chi connectivity index (χ0n) is 16.9. The zero-order valence-corrected chi connectivity index (χ0v) is 17.8. The Kier molecular flexibility index (Phi) is 7.02. The molecule has 0 bridgehead atoms. The Morgan fingerprint density at radius 2 is 1.87 bits per heavy atom. The molecule has 2 rings (SSSR count). The number of hydrogen-bond donors (Lipinski definition) is 1. The van der Waals surface area contributed by atoms with Crippen LogP contribution in [0.1, 0.15) is 23.6 Å². The third kappa shape index (κ3) is 5.65. The van der Waals surface area contributed by atoms with E-state index in [9.17, 15) is 26.4 Å². The molecule has 2 aromatic rings. The first-order valence-electron chi connectivity index (χ1n) is 8.92. The standard InChI is InChI=1S/C20H23F3N2O4S/c1-13-8-9-18(29-3)17(10-13)25(30(4,27)28)14(2)19(26)24-12-15-6-5-7-16(11-15)20(21,22)23/h5-11,14H,12H2,1-4H3,(H,24,26)/t14-/m0/s1. The third-order valence-corrected chi connectivity index (χ3v) is 5.61. The average molecular weight is 444 g/mol. The predicted molar refractivity (Wildman–Crippen MR) is 108 cm³/mol. The van der Waals surface area contributed by atoms with Crippen LogP contribution in [0.3, 0.4) is 0 Å². The molecule has 1 N–H and O–H groups in total. The van der Waals surface area contributed by atoms with Crippen LogP contribution in [0.5, 0.6) is 5.75 Å². The summed E-state index contributed by atoms with van der Waals surface area (Å²) in [5, 5.41) is 2.50. The first kappa shape index (κ1) is 23.5. The van der Waals surface area contributed by atoms with Crippen molar-refractivity contribution in [3.63, 3.8) is 0 Å². The van der Waals surface area contributed by atoms with Gasteiger partial charge in [0.25, 0.3) is 0 Å². The largest absolute Gasteiger partial charge is 0.495 e. The monoisotopic (exact) mass is 444 g/mol. The van der Waals surface area contributed by atoms with Crippen molar-refractivity contribution in [3.05, 3.63) is 59.2 Å². The Morgan fingerprint density at radius 3 is 2.43 bits per heavy atom. The van der Waals surface area contributed by atoms with Gasteiger partial charge in [-0.1, -0.05) is 18.2 Å². The summed E-state index contributed by atoms with van der Waals surface area (Å²) in [7, 11) is -2.49. The lowest BCUT2D eigenvalue weighted by molar-refractivity contribution is -0.137. The van der Waals surface area contributed by atoms with Crippen molar-refractivity contribution >= 4 is 21.6 Å². The van der Waals surface area contributed by atoms with Crippen LogP contribution in [0.4, 0.5) is 18.9 Å². The Bertz CT molecular complexity index is 1020. The smallest absolute Gasteiger partial charge is 0.416 e. The number of halogens is 3. The van der Waals surface area contributed by atoms with Crippen molar-refractivity contribution in [2.24, 2.45) is 0 Å². The summed E-state index contributed by atoms with van der Waals surface area (Å²) in [5.41, 5.74) is 0.367. The lowest BCUT2D eigenvalue weighted by Crippen LogP contribution is -2.47. The molecule has 0 saturated heterocycles. The second-order valence-corrected chi connectivity index (χ2v) is 8.69. The van der Waals surface area contributed by atoms with Gasteiger partial charge in [-0.2, -0.15) is 13.2 Å². The number of nitrogens with one attached hydrogen (secondary N) is 1. The maximum atomic E-state index is 12.9. The van der Waals surface area contributed by atoms with Crippen molar-refractivity contribution in [1.29, 1.82) is 0 Å². The summed E-state index contributed by atoms with van der Waals surface area (Å²) in [5.74, 6) is -0.398. The highest BCUT2D eigenvalue weighted by Crippen LogP contribution is 2.33. The van der Waals surface area contributed by atoms with E-state index in [1.54, 1.807) is 25.1 Å². The molecule has 0 spiro atoms. The predicted octanol–water partition coefficient (Wildman–Crippen LogP) is 3.49. The van der Waals surface area contributed by atoms with Gasteiger partial charge in [0.15, 0.2) is 0 Å². The maximum absolute atomic E-state index is 12.9. The molecule has 1 amide bonds. The number of nitrogens with zero attached hydrogens (tertiary/aromatic N) is 1. The molecular formula is C20H23F3N2O4S. The molecule has 0 fully saturated rings.